The Bertz CT molecular complexity index is 513. The van der Waals surface area contributed by atoms with Crippen molar-refractivity contribution < 1.29 is 4.74 Å². The Morgan fingerprint density at radius 3 is 3.00 bits per heavy atom. The van der Waals surface area contributed by atoms with Crippen molar-refractivity contribution >= 4 is 10.9 Å². The number of rotatable bonds is 0. The molecule has 3 nitrogen and oxygen atoms in total. The highest BCUT2D eigenvalue weighted by Crippen LogP contribution is 2.33. The molecule has 0 unspecified atom stereocenters. The van der Waals surface area contributed by atoms with Crippen LogP contribution >= 0.6 is 0 Å². The standard InChI is InChI=1S/C12H14N2O/c1-12(2)11-9-5-3-4-6-10(9)13-14(11)7-8-15-12/h3-6H,7-8H2,1-2H3. The van der Waals surface area contributed by atoms with Crippen LogP contribution in [-0.2, 0) is 16.9 Å². The van der Waals surface area contributed by atoms with E-state index in [4.69, 9.17) is 4.74 Å². The van der Waals surface area contributed by atoms with E-state index in [0.717, 1.165) is 18.7 Å². The summed E-state index contributed by atoms with van der Waals surface area (Å²) in [5, 5.41) is 5.80. The summed E-state index contributed by atoms with van der Waals surface area (Å²) in [5.74, 6) is 0. The Morgan fingerprint density at radius 2 is 2.13 bits per heavy atom. The van der Waals surface area contributed by atoms with Gasteiger partial charge in [-0.25, -0.2) is 0 Å². The Labute approximate surface area is 88.7 Å². The summed E-state index contributed by atoms with van der Waals surface area (Å²) in [7, 11) is 0. The number of ether oxygens (including phenoxy) is 1. The molecule has 1 aromatic heterocycles. The van der Waals surface area contributed by atoms with E-state index >= 15 is 0 Å². The van der Waals surface area contributed by atoms with Gasteiger partial charge in [0.05, 0.1) is 24.4 Å². The topological polar surface area (TPSA) is 27.1 Å². The van der Waals surface area contributed by atoms with Crippen LogP contribution in [-0.4, -0.2) is 16.4 Å². The van der Waals surface area contributed by atoms with E-state index in [1.807, 2.05) is 6.07 Å². The van der Waals surface area contributed by atoms with Gasteiger partial charge in [-0.1, -0.05) is 18.2 Å². The first-order valence-electron chi connectivity index (χ1n) is 5.28. The summed E-state index contributed by atoms with van der Waals surface area (Å²) in [6, 6.07) is 8.24. The van der Waals surface area contributed by atoms with Crippen LogP contribution in [0.3, 0.4) is 0 Å². The van der Waals surface area contributed by atoms with Gasteiger partial charge in [0, 0.05) is 5.39 Å². The highest BCUT2D eigenvalue weighted by Gasteiger charge is 2.31. The molecular weight excluding hydrogens is 188 g/mol. The van der Waals surface area contributed by atoms with Crippen LogP contribution in [0.1, 0.15) is 19.5 Å². The fourth-order valence-electron chi connectivity index (χ4n) is 2.33. The average molecular weight is 202 g/mol. The fraction of sp³-hybridized carbons (Fsp3) is 0.417. The lowest BCUT2D eigenvalue weighted by molar-refractivity contribution is -0.0520. The van der Waals surface area contributed by atoms with Crippen LogP contribution in [0.4, 0.5) is 0 Å². The SMILES string of the molecule is CC1(C)OCCn2nc3ccccc3c21. The zero-order valence-corrected chi connectivity index (χ0v) is 9.03. The van der Waals surface area contributed by atoms with Crippen molar-refractivity contribution in [1.29, 1.82) is 0 Å². The molecule has 2 heterocycles. The van der Waals surface area contributed by atoms with Gasteiger partial charge in [0.1, 0.15) is 5.60 Å². The third-order valence-corrected chi connectivity index (χ3v) is 2.98. The number of hydrogen-bond donors (Lipinski definition) is 0. The second-order valence-electron chi connectivity index (χ2n) is 4.45. The average Bonchev–Trinajstić information content (AvgIpc) is 2.56. The van der Waals surface area contributed by atoms with Crippen LogP contribution in [0, 0.1) is 0 Å². The highest BCUT2D eigenvalue weighted by atomic mass is 16.5. The van der Waals surface area contributed by atoms with Crippen LogP contribution in [0.15, 0.2) is 24.3 Å². The summed E-state index contributed by atoms with van der Waals surface area (Å²) < 4.78 is 7.87. The Hall–Kier alpha value is -1.35. The normalized spacial score (nSPS) is 19.1. The quantitative estimate of drug-likeness (QED) is 0.655. The molecule has 1 aliphatic rings. The van der Waals surface area contributed by atoms with Crippen LogP contribution < -0.4 is 0 Å². The van der Waals surface area contributed by atoms with Gasteiger partial charge in [0.15, 0.2) is 0 Å². The Kier molecular flexibility index (Phi) is 1.68. The second-order valence-corrected chi connectivity index (χ2v) is 4.45. The van der Waals surface area contributed by atoms with Crippen LogP contribution in [0.5, 0.6) is 0 Å². The number of benzene rings is 1. The van der Waals surface area contributed by atoms with Crippen molar-refractivity contribution in [3.05, 3.63) is 30.0 Å². The van der Waals surface area contributed by atoms with Gasteiger partial charge in [0.25, 0.3) is 0 Å². The summed E-state index contributed by atoms with van der Waals surface area (Å²) in [6.45, 7) is 5.81. The number of hydrogen-bond acceptors (Lipinski definition) is 2. The maximum Gasteiger partial charge on any atom is 0.105 e. The minimum Gasteiger partial charge on any atom is -0.367 e. The molecule has 1 aromatic carbocycles. The Balaban J connectivity index is 2.37. The summed E-state index contributed by atoms with van der Waals surface area (Å²) >= 11 is 0. The zero-order chi connectivity index (χ0) is 10.5. The number of fused-ring (bicyclic) bond motifs is 3. The van der Waals surface area contributed by atoms with E-state index in [2.05, 4.69) is 41.8 Å². The number of nitrogens with zero attached hydrogens (tertiary/aromatic N) is 2. The van der Waals surface area contributed by atoms with Gasteiger partial charge in [-0.05, 0) is 19.9 Å². The first-order valence-corrected chi connectivity index (χ1v) is 5.28. The molecule has 0 spiro atoms. The molecule has 0 bridgehead atoms. The summed E-state index contributed by atoms with van der Waals surface area (Å²) in [4.78, 5) is 0. The van der Waals surface area contributed by atoms with Gasteiger partial charge in [-0.15, -0.1) is 0 Å². The molecule has 3 rings (SSSR count). The molecule has 3 heteroatoms. The molecule has 0 N–H and O–H groups in total. The Morgan fingerprint density at radius 1 is 1.33 bits per heavy atom. The molecule has 0 aliphatic carbocycles. The van der Waals surface area contributed by atoms with Crippen molar-refractivity contribution in [2.45, 2.75) is 26.0 Å². The van der Waals surface area contributed by atoms with Crippen molar-refractivity contribution in [2.75, 3.05) is 6.61 Å². The number of aromatic nitrogens is 2. The van der Waals surface area contributed by atoms with E-state index in [-0.39, 0.29) is 5.60 Å². The third-order valence-electron chi connectivity index (χ3n) is 2.98. The molecule has 0 amide bonds. The van der Waals surface area contributed by atoms with Crippen molar-refractivity contribution in [3.8, 4) is 0 Å². The fourth-order valence-corrected chi connectivity index (χ4v) is 2.33. The van der Waals surface area contributed by atoms with Gasteiger partial charge >= 0.3 is 0 Å². The predicted octanol–water partition coefficient (Wildman–Crippen LogP) is 2.30. The summed E-state index contributed by atoms with van der Waals surface area (Å²) in [6.07, 6.45) is 0. The molecule has 78 valence electrons. The zero-order valence-electron chi connectivity index (χ0n) is 9.03. The second kappa shape index (κ2) is 2.83. The van der Waals surface area contributed by atoms with Crippen LogP contribution in [0.25, 0.3) is 10.9 Å². The molecule has 15 heavy (non-hydrogen) atoms. The lowest BCUT2D eigenvalue weighted by atomic mass is 10.00. The molecule has 0 saturated heterocycles. The van der Waals surface area contributed by atoms with Gasteiger partial charge < -0.3 is 4.74 Å². The van der Waals surface area contributed by atoms with Gasteiger partial charge in [0.2, 0.25) is 0 Å². The lowest BCUT2D eigenvalue weighted by Gasteiger charge is -2.31. The van der Waals surface area contributed by atoms with Gasteiger partial charge in [-0.2, -0.15) is 5.10 Å². The lowest BCUT2D eigenvalue weighted by Crippen LogP contribution is -2.33. The molecule has 0 fully saturated rings. The van der Waals surface area contributed by atoms with Crippen molar-refractivity contribution in [2.24, 2.45) is 0 Å². The maximum atomic E-state index is 5.80. The van der Waals surface area contributed by atoms with Crippen molar-refractivity contribution in [1.82, 2.24) is 9.78 Å². The molecule has 0 radical (unpaired) electrons. The first kappa shape index (κ1) is 8.92. The van der Waals surface area contributed by atoms with Crippen LogP contribution in [0.2, 0.25) is 0 Å². The third kappa shape index (κ3) is 1.20. The molecule has 0 atom stereocenters. The van der Waals surface area contributed by atoms with E-state index in [1.165, 1.54) is 11.1 Å². The minimum atomic E-state index is -0.228. The highest BCUT2D eigenvalue weighted by molar-refractivity contribution is 5.82. The van der Waals surface area contributed by atoms with E-state index in [0.29, 0.717) is 0 Å². The van der Waals surface area contributed by atoms with E-state index < -0.39 is 0 Å². The minimum absolute atomic E-state index is 0.228. The maximum absolute atomic E-state index is 5.80. The van der Waals surface area contributed by atoms with E-state index in [1.54, 1.807) is 0 Å². The molecule has 0 saturated carbocycles. The van der Waals surface area contributed by atoms with Crippen molar-refractivity contribution in [3.63, 3.8) is 0 Å². The molecular formula is C12H14N2O. The molecule has 1 aliphatic heterocycles. The molecule has 2 aromatic rings. The summed E-state index contributed by atoms with van der Waals surface area (Å²) in [5.41, 5.74) is 2.03. The van der Waals surface area contributed by atoms with E-state index in [9.17, 15) is 0 Å². The first-order chi connectivity index (χ1) is 7.18. The monoisotopic (exact) mass is 202 g/mol. The van der Waals surface area contributed by atoms with Gasteiger partial charge in [-0.3, -0.25) is 4.68 Å². The smallest absolute Gasteiger partial charge is 0.105 e. The largest absolute Gasteiger partial charge is 0.367 e. The predicted molar refractivity (Wildman–Crippen MR) is 58.7 cm³/mol.